The molecule has 1 heterocycles. The standard InChI is InChI=1S/C12H10O2S/c1-8-3-2-4-9(7-8)10-5-6-15-11(10)12(13)14/h2-7H,1H3,(H,13,14). The number of aromatic carboxylic acids is 1. The minimum absolute atomic E-state index is 0.403. The maximum Gasteiger partial charge on any atom is 0.346 e. The van der Waals surface area contributed by atoms with Crippen molar-refractivity contribution < 1.29 is 9.90 Å². The van der Waals surface area contributed by atoms with E-state index in [1.165, 1.54) is 11.3 Å². The van der Waals surface area contributed by atoms with Crippen LogP contribution in [0.15, 0.2) is 35.7 Å². The van der Waals surface area contributed by atoms with Crippen LogP contribution in [0.25, 0.3) is 11.1 Å². The van der Waals surface area contributed by atoms with Gasteiger partial charge >= 0.3 is 5.97 Å². The Morgan fingerprint density at radius 3 is 2.80 bits per heavy atom. The van der Waals surface area contributed by atoms with Crippen molar-refractivity contribution >= 4 is 17.3 Å². The molecule has 1 aromatic heterocycles. The van der Waals surface area contributed by atoms with Gasteiger partial charge in [0.2, 0.25) is 0 Å². The lowest BCUT2D eigenvalue weighted by molar-refractivity contribution is 0.0703. The van der Waals surface area contributed by atoms with E-state index >= 15 is 0 Å². The molecule has 0 amide bonds. The SMILES string of the molecule is Cc1cccc(-c2ccsc2C(=O)O)c1. The molecule has 15 heavy (non-hydrogen) atoms. The van der Waals surface area contributed by atoms with Gasteiger partial charge in [-0.25, -0.2) is 4.79 Å². The van der Waals surface area contributed by atoms with Gasteiger partial charge in [-0.1, -0.05) is 29.8 Å². The summed E-state index contributed by atoms with van der Waals surface area (Å²) in [7, 11) is 0. The highest BCUT2D eigenvalue weighted by molar-refractivity contribution is 7.12. The topological polar surface area (TPSA) is 37.3 Å². The summed E-state index contributed by atoms with van der Waals surface area (Å²) in [4.78, 5) is 11.4. The molecule has 0 fully saturated rings. The number of rotatable bonds is 2. The summed E-state index contributed by atoms with van der Waals surface area (Å²) in [6, 6.07) is 9.71. The highest BCUT2D eigenvalue weighted by Crippen LogP contribution is 2.28. The van der Waals surface area contributed by atoms with Crippen LogP contribution in [0.2, 0.25) is 0 Å². The van der Waals surface area contributed by atoms with E-state index in [9.17, 15) is 4.79 Å². The molecule has 2 rings (SSSR count). The molecular formula is C12H10O2S. The van der Waals surface area contributed by atoms with Crippen LogP contribution in [0.4, 0.5) is 0 Å². The van der Waals surface area contributed by atoms with Crippen molar-refractivity contribution in [2.75, 3.05) is 0 Å². The minimum atomic E-state index is -0.860. The van der Waals surface area contributed by atoms with Gasteiger partial charge in [0, 0.05) is 5.56 Å². The molecule has 0 unspecified atom stereocenters. The summed E-state index contributed by atoms with van der Waals surface area (Å²) in [5.74, 6) is -0.860. The molecule has 3 heteroatoms. The number of hydrogen-bond acceptors (Lipinski definition) is 2. The van der Waals surface area contributed by atoms with Gasteiger partial charge in [0.25, 0.3) is 0 Å². The van der Waals surface area contributed by atoms with Gasteiger partial charge in [-0.3, -0.25) is 0 Å². The minimum Gasteiger partial charge on any atom is -0.477 e. The van der Waals surface area contributed by atoms with Crippen molar-refractivity contribution in [1.82, 2.24) is 0 Å². The van der Waals surface area contributed by atoms with Crippen LogP contribution in [-0.4, -0.2) is 11.1 Å². The number of carboxylic acid groups (broad SMARTS) is 1. The van der Waals surface area contributed by atoms with E-state index in [0.717, 1.165) is 16.7 Å². The molecular weight excluding hydrogens is 208 g/mol. The predicted molar refractivity (Wildman–Crippen MR) is 61.5 cm³/mol. The zero-order valence-electron chi connectivity index (χ0n) is 8.23. The molecule has 0 bridgehead atoms. The lowest BCUT2D eigenvalue weighted by atomic mass is 10.0. The van der Waals surface area contributed by atoms with E-state index in [2.05, 4.69) is 0 Å². The van der Waals surface area contributed by atoms with Crippen LogP contribution >= 0.6 is 11.3 Å². The van der Waals surface area contributed by atoms with Gasteiger partial charge in [-0.2, -0.15) is 0 Å². The van der Waals surface area contributed by atoms with Crippen LogP contribution in [0.5, 0.6) is 0 Å². The zero-order valence-corrected chi connectivity index (χ0v) is 9.04. The van der Waals surface area contributed by atoms with E-state index in [0.29, 0.717) is 4.88 Å². The molecule has 76 valence electrons. The fraction of sp³-hybridized carbons (Fsp3) is 0.0833. The Morgan fingerprint density at radius 2 is 2.13 bits per heavy atom. The van der Waals surface area contributed by atoms with E-state index < -0.39 is 5.97 Å². The van der Waals surface area contributed by atoms with Gasteiger partial charge < -0.3 is 5.11 Å². The quantitative estimate of drug-likeness (QED) is 0.838. The summed E-state index contributed by atoms with van der Waals surface area (Å²) in [5.41, 5.74) is 2.90. The first-order valence-electron chi connectivity index (χ1n) is 4.56. The molecule has 0 aliphatic carbocycles. The molecule has 1 aromatic carbocycles. The lowest BCUT2D eigenvalue weighted by Gasteiger charge is -2.01. The number of aryl methyl sites for hydroxylation is 1. The van der Waals surface area contributed by atoms with Crippen LogP contribution < -0.4 is 0 Å². The summed E-state index contributed by atoms with van der Waals surface area (Å²) < 4.78 is 0. The van der Waals surface area contributed by atoms with Crippen LogP contribution in [0.3, 0.4) is 0 Å². The summed E-state index contributed by atoms with van der Waals surface area (Å²) in [5, 5.41) is 10.8. The molecule has 2 nitrogen and oxygen atoms in total. The Bertz CT molecular complexity index is 500. The summed E-state index contributed by atoms with van der Waals surface area (Å²) in [6.07, 6.45) is 0. The Labute approximate surface area is 91.8 Å². The number of thiophene rings is 1. The van der Waals surface area contributed by atoms with Gasteiger partial charge in [0.15, 0.2) is 0 Å². The maximum atomic E-state index is 11.0. The smallest absolute Gasteiger partial charge is 0.346 e. The Balaban J connectivity index is 2.54. The van der Waals surface area contributed by atoms with Crippen molar-refractivity contribution in [2.24, 2.45) is 0 Å². The lowest BCUT2D eigenvalue weighted by Crippen LogP contribution is -1.94. The zero-order chi connectivity index (χ0) is 10.8. The summed E-state index contributed by atoms with van der Waals surface area (Å²) >= 11 is 1.26. The molecule has 0 spiro atoms. The Hall–Kier alpha value is -1.61. The third-order valence-electron chi connectivity index (χ3n) is 2.19. The van der Waals surface area contributed by atoms with Crippen molar-refractivity contribution in [3.8, 4) is 11.1 Å². The first-order chi connectivity index (χ1) is 7.18. The second kappa shape index (κ2) is 3.87. The first kappa shape index (κ1) is 9.93. The van der Waals surface area contributed by atoms with Crippen LogP contribution in [0, 0.1) is 6.92 Å². The van der Waals surface area contributed by atoms with E-state index in [4.69, 9.17) is 5.11 Å². The molecule has 0 aliphatic rings. The monoisotopic (exact) mass is 218 g/mol. The predicted octanol–water partition coefficient (Wildman–Crippen LogP) is 3.42. The fourth-order valence-corrected chi connectivity index (χ4v) is 2.27. The highest BCUT2D eigenvalue weighted by atomic mass is 32.1. The second-order valence-corrected chi connectivity index (χ2v) is 4.25. The number of carbonyl (C=O) groups is 1. The average Bonchev–Trinajstić information content (AvgIpc) is 2.65. The van der Waals surface area contributed by atoms with Crippen LogP contribution in [0.1, 0.15) is 15.2 Å². The molecule has 0 saturated carbocycles. The fourth-order valence-electron chi connectivity index (χ4n) is 1.51. The van der Waals surface area contributed by atoms with Gasteiger partial charge in [0.05, 0.1) is 0 Å². The van der Waals surface area contributed by atoms with Crippen molar-refractivity contribution in [3.05, 3.63) is 46.2 Å². The van der Waals surface area contributed by atoms with Crippen LogP contribution in [-0.2, 0) is 0 Å². The molecule has 2 aromatic rings. The van der Waals surface area contributed by atoms with E-state index in [1.807, 2.05) is 37.3 Å². The Kier molecular flexibility index (Phi) is 2.56. The van der Waals surface area contributed by atoms with Crippen molar-refractivity contribution in [1.29, 1.82) is 0 Å². The summed E-state index contributed by atoms with van der Waals surface area (Å²) in [6.45, 7) is 2.00. The van der Waals surface area contributed by atoms with E-state index in [-0.39, 0.29) is 0 Å². The average molecular weight is 218 g/mol. The Morgan fingerprint density at radius 1 is 1.33 bits per heavy atom. The number of carboxylic acids is 1. The first-order valence-corrected chi connectivity index (χ1v) is 5.44. The molecule has 1 N–H and O–H groups in total. The van der Waals surface area contributed by atoms with Gasteiger partial charge in [0.1, 0.15) is 4.88 Å². The number of benzene rings is 1. The molecule has 0 saturated heterocycles. The third-order valence-corrected chi connectivity index (χ3v) is 3.09. The molecule has 0 radical (unpaired) electrons. The third kappa shape index (κ3) is 1.92. The van der Waals surface area contributed by atoms with Crippen molar-refractivity contribution in [2.45, 2.75) is 6.92 Å². The normalized spacial score (nSPS) is 10.2. The molecule has 0 aliphatic heterocycles. The largest absolute Gasteiger partial charge is 0.477 e. The van der Waals surface area contributed by atoms with Gasteiger partial charge in [-0.05, 0) is 23.9 Å². The number of hydrogen-bond donors (Lipinski definition) is 1. The van der Waals surface area contributed by atoms with E-state index in [1.54, 1.807) is 5.38 Å². The maximum absolute atomic E-state index is 11.0. The van der Waals surface area contributed by atoms with Crippen molar-refractivity contribution in [3.63, 3.8) is 0 Å². The molecule has 0 atom stereocenters. The van der Waals surface area contributed by atoms with Gasteiger partial charge in [-0.15, -0.1) is 11.3 Å². The second-order valence-electron chi connectivity index (χ2n) is 3.34. The highest BCUT2D eigenvalue weighted by Gasteiger charge is 2.12.